The zero-order valence-corrected chi connectivity index (χ0v) is 13.2. The molecule has 1 N–H and O–H groups in total. The molecule has 1 aromatic heterocycles. The Morgan fingerprint density at radius 3 is 2.71 bits per heavy atom. The first kappa shape index (κ1) is 15.4. The molecule has 0 aliphatic heterocycles. The summed E-state index contributed by atoms with van der Waals surface area (Å²) in [6, 6.07) is 8.15. The number of hydrogen-bond donors (Lipinski definition) is 1. The second-order valence-corrected chi connectivity index (χ2v) is 5.68. The van der Waals surface area contributed by atoms with Crippen LogP contribution < -0.4 is 10.1 Å². The van der Waals surface area contributed by atoms with Crippen LogP contribution in [0, 0.1) is 0 Å². The van der Waals surface area contributed by atoms with E-state index >= 15 is 0 Å². The highest BCUT2D eigenvalue weighted by Gasteiger charge is 2.11. The van der Waals surface area contributed by atoms with Crippen LogP contribution in [0.3, 0.4) is 0 Å². The van der Waals surface area contributed by atoms with E-state index in [1.807, 2.05) is 55.8 Å². The van der Waals surface area contributed by atoms with Gasteiger partial charge in [0.05, 0.1) is 11.6 Å². The summed E-state index contributed by atoms with van der Waals surface area (Å²) in [5, 5.41) is 4.03. The highest BCUT2D eigenvalue weighted by molar-refractivity contribution is 5.88. The Bertz CT molecular complexity index is 616. The minimum absolute atomic E-state index is 0.0389. The Labute approximate surface area is 126 Å². The van der Waals surface area contributed by atoms with E-state index in [-0.39, 0.29) is 18.1 Å². The summed E-state index contributed by atoms with van der Waals surface area (Å²) in [5.41, 5.74) is 1.02. The van der Waals surface area contributed by atoms with Crippen LogP contribution in [0.2, 0.25) is 0 Å². The van der Waals surface area contributed by atoms with Crippen molar-refractivity contribution in [2.45, 2.75) is 52.8 Å². The van der Waals surface area contributed by atoms with Gasteiger partial charge in [0.1, 0.15) is 12.3 Å². The molecule has 4 heteroatoms. The van der Waals surface area contributed by atoms with Gasteiger partial charge in [0, 0.05) is 17.6 Å². The lowest BCUT2D eigenvalue weighted by Gasteiger charge is -2.13. The van der Waals surface area contributed by atoms with Crippen LogP contribution in [0.4, 0.5) is 0 Å². The maximum atomic E-state index is 12.0. The van der Waals surface area contributed by atoms with Crippen LogP contribution >= 0.6 is 0 Å². The van der Waals surface area contributed by atoms with Gasteiger partial charge in [-0.25, -0.2) is 0 Å². The van der Waals surface area contributed by atoms with Gasteiger partial charge in [-0.2, -0.15) is 0 Å². The van der Waals surface area contributed by atoms with Crippen molar-refractivity contribution in [2.75, 3.05) is 0 Å². The van der Waals surface area contributed by atoms with Gasteiger partial charge >= 0.3 is 0 Å². The van der Waals surface area contributed by atoms with Gasteiger partial charge in [0.15, 0.2) is 0 Å². The van der Waals surface area contributed by atoms with Crippen LogP contribution in [0.5, 0.6) is 5.75 Å². The maximum Gasteiger partial charge on any atom is 0.240 e. The Balaban J connectivity index is 2.20. The number of ether oxygens (including phenoxy) is 1. The van der Waals surface area contributed by atoms with Gasteiger partial charge in [0.2, 0.25) is 5.91 Å². The molecule has 0 saturated heterocycles. The molecule has 0 saturated carbocycles. The number of carbonyl (C=O) groups excluding carboxylic acids is 1. The number of amides is 1. The van der Waals surface area contributed by atoms with Gasteiger partial charge in [-0.3, -0.25) is 4.79 Å². The van der Waals surface area contributed by atoms with E-state index in [4.69, 9.17) is 4.74 Å². The molecule has 2 rings (SSSR count). The van der Waals surface area contributed by atoms with E-state index in [0.717, 1.165) is 23.1 Å². The summed E-state index contributed by atoms with van der Waals surface area (Å²) in [6.07, 6.45) is 3.01. The van der Waals surface area contributed by atoms with Crippen LogP contribution in [0.25, 0.3) is 10.9 Å². The lowest BCUT2D eigenvalue weighted by Crippen LogP contribution is -2.34. The van der Waals surface area contributed by atoms with Crippen molar-refractivity contribution in [3.8, 4) is 5.75 Å². The monoisotopic (exact) mass is 288 g/mol. The van der Waals surface area contributed by atoms with Crippen LogP contribution in [0.15, 0.2) is 30.5 Å². The van der Waals surface area contributed by atoms with Crippen molar-refractivity contribution in [1.82, 2.24) is 9.88 Å². The number of nitrogens with one attached hydrogen (secondary N) is 1. The average Bonchev–Trinajstić information content (AvgIpc) is 2.82. The SMILES string of the molecule is CCC(C)NC(=O)Cn1ccc2c(OC(C)C)cccc21. The molecular formula is C17H24N2O2. The van der Waals surface area contributed by atoms with E-state index in [9.17, 15) is 4.79 Å². The molecule has 0 bridgehead atoms. The first-order valence-corrected chi connectivity index (χ1v) is 7.55. The minimum atomic E-state index is 0.0389. The molecule has 1 atom stereocenters. The molecule has 1 heterocycles. The zero-order chi connectivity index (χ0) is 15.4. The molecular weight excluding hydrogens is 264 g/mol. The van der Waals surface area contributed by atoms with Crippen molar-refractivity contribution in [3.05, 3.63) is 30.5 Å². The third kappa shape index (κ3) is 3.78. The van der Waals surface area contributed by atoms with Gasteiger partial charge in [-0.1, -0.05) is 13.0 Å². The Morgan fingerprint density at radius 1 is 1.29 bits per heavy atom. The number of rotatable bonds is 6. The summed E-state index contributed by atoms with van der Waals surface area (Å²) in [7, 11) is 0. The normalized spacial score (nSPS) is 12.6. The fraction of sp³-hybridized carbons (Fsp3) is 0.471. The number of aromatic nitrogens is 1. The maximum absolute atomic E-state index is 12.0. The number of fused-ring (bicyclic) bond motifs is 1. The predicted molar refractivity (Wildman–Crippen MR) is 85.6 cm³/mol. The topological polar surface area (TPSA) is 43.3 Å². The second kappa shape index (κ2) is 6.66. The summed E-state index contributed by atoms with van der Waals surface area (Å²) < 4.78 is 7.77. The molecule has 0 aliphatic rings. The molecule has 2 aromatic rings. The highest BCUT2D eigenvalue weighted by Crippen LogP contribution is 2.27. The fourth-order valence-corrected chi connectivity index (χ4v) is 2.27. The Kier molecular flexibility index (Phi) is 4.89. The lowest BCUT2D eigenvalue weighted by atomic mass is 10.2. The largest absolute Gasteiger partial charge is 0.490 e. The number of nitrogens with zero attached hydrogens (tertiary/aromatic N) is 1. The van der Waals surface area contributed by atoms with Gasteiger partial charge in [-0.05, 0) is 45.4 Å². The van der Waals surface area contributed by atoms with Gasteiger partial charge < -0.3 is 14.6 Å². The highest BCUT2D eigenvalue weighted by atomic mass is 16.5. The van der Waals surface area contributed by atoms with E-state index in [0.29, 0.717) is 6.54 Å². The fourth-order valence-electron chi connectivity index (χ4n) is 2.27. The molecule has 114 valence electrons. The van der Waals surface area contributed by atoms with Crippen molar-refractivity contribution >= 4 is 16.8 Å². The summed E-state index contributed by atoms with van der Waals surface area (Å²) in [5.74, 6) is 0.903. The first-order chi connectivity index (χ1) is 10.0. The molecule has 0 radical (unpaired) electrons. The molecule has 1 aromatic carbocycles. The average molecular weight is 288 g/mol. The summed E-state index contributed by atoms with van der Waals surface area (Å²) in [4.78, 5) is 12.0. The quantitative estimate of drug-likeness (QED) is 0.886. The van der Waals surface area contributed by atoms with Crippen molar-refractivity contribution in [3.63, 3.8) is 0 Å². The van der Waals surface area contributed by atoms with Crippen molar-refractivity contribution in [2.24, 2.45) is 0 Å². The molecule has 0 fully saturated rings. The number of hydrogen-bond acceptors (Lipinski definition) is 2. The Hall–Kier alpha value is -1.97. The van der Waals surface area contributed by atoms with E-state index in [1.165, 1.54) is 0 Å². The summed E-state index contributed by atoms with van der Waals surface area (Å²) in [6.45, 7) is 8.43. The number of carbonyl (C=O) groups is 1. The molecule has 4 nitrogen and oxygen atoms in total. The lowest BCUT2D eigenvalue weighted by molar-refractivity contribution is -0.122. The third-order valence-corrected chi connectivity index (χ3v) is 3.47. The van der Waals surface area contributed by atoms with E-state index in [1.54, 1.807) is 0 Å². The van der Waals surface area contributed by atoms with Crippen LogP contribution in [-0.2, 0) is 11.3 Å². The first-order valence-electron chi connectivity index (χ1n) is 7.55. The molecule has 0 aliphatic carbocycles. The van der Waals surface area contributed by atoms with E-state index < -0.39 is 0 Å². The number of benzene rings is 1. The predicted octanol–water partition coefficient (Wildman–Crippen LogP) is 3.34. The molecule has 0 spiro atoms. The van der Waals surface area contributed by atoms with Crippen molar-refractivity contribution < 1.29 is 9.53 Å². The second-order valence-electron chi connectivity index (χ2n) is 5.68. The molecule has 1 amide bonds. The summed E-state index contributed by atoms with van der Waals surface area (Å²) >= 11 is 0. The van der Waals surface area contributed by atoms with Crippen LogP contribution in [-0.4, -0.2) is 22.6 Å². The third-order valence-electron chi connectivity index (χ3n) is 3.47. The smallest absolute Gasteiger partial charge is 0.240 e. The Morgan fingerprint density at radius 2 is 2.05 bits per heavy atom. The van der Waals surface area contributed by atoms with Crippen LogP contribution in [0.1, 0.15) is 34.1 Å². The zero-order valence-electron chi connectivity index (χ0n) is 13.2. The van der Waals surface area contributed by atoms with Crippen molar-refractivity contribution in [1.29, 1.82) is 0 Å². The minimum Gasteiger partial charge on any atom is -0.490 e. The van der Waals surface area contributed by atoms with Gasteiger partial charge in [0.25, 0.3) is 0 Å². The van der Waals surface area contributed by atoms with E-state index in [2.05, 4.69) is 12.2 Å². The molecule has 1 unspecified atom stereocenters. The standard InChI is InChI=1S/C17H24N2O2/c1-5-13(4)18-17(20)11-19-10-9-14-15(19)7-6-8-16(14)21-12(2)3/h6-10,12-13H,5,11H2,1-4H3,(H,18,20). The molecule has 21 heavy (non-hydrogen) atoms. The van der Waals surface area contributed by atoms with Gasteiger partial charge in [-0.15, -0.1) is 0 Å².